The number of carbonyl (C=O) groups excluding carboxylic acids is 5. The molecule has 6 atom stereocenters. The summed E-state index contributed by atoms with van der Waals surface area (Å²) in [6, 6.07) is 17.6. The van der Waals surface area contributed by atoms with E-state index in [1.54, 1.807) is 100 Å². The van der Waals surface area contributed by atoms with Gasteiger partial charge in [-0.05, 0) is 72.5 Å². The van der Waals surface area contributed by atoms with E-state index < -0.39 is 137 Å². The van der Waals surface area contributed by atoms with Crippen molar-refractivity contribution in [2.24, 2.45) is 11.8 Å². The Morgan fingerprint density at radius 2 is 0.833 bits per heavy atom. The summed E-state index contributed by atoms with van der Waals surface area (Å²) in [5.41, 5.74) is 1.06. The maximum absolute atomic E-state index is 15.4. The molecule has 2 unspecified atom stereocenters. The van der Waals surface area contributed by atoms with Crippen LogP contribution in [0.1, 0.15) is 40.5 Å². The largest absolute Gasteiger partial charge is 0.481 e. The number of aromatic nitrogens is 2. The number of amides is 2. The molecule has 17 nitrogen and oxygen atoms in total. The number of aliphatic carboxylic acids is 2. The molecule has 0 spiro atoms. The number of benzene rings is 4. The standard InChI is InChI=1S/C51H48F4N6O11/c1-25(2)41(60-37-21-19-27-11-5-7-17-33(27)56-37)50(69)58-35(23-39(62)63)43(66)48(71-46-29(52)13-9-14-30(46)53)45(68)49(72-47-31(54)15-10-16-32(47)55)44(67)36(24-40(64)65)59-51(70)42(26(3)4)61-38-22-20-28-12-6-8-18-34(28)57-38/h5-22,25-26,35-36,41-42,48-49H,23-24H2,1-4H3,(H,56,60)(H,57,61)(H,58,69)(H,59,70)(H,62,63)(H,64,65)/t35-,36-,41-,42-,48?,49?/m0/s1. The summed E-state index contributed by atoms with van der Waals surface area (Å²) in [6.07, 6.45) is -8.82. The number of para-hydroxylation sites is 4. The van der Waals surface area contributed by atoms with Crippen LogP contribution in [0, 0.1) is 35.1 Å². The van der Waals surface area contributed by atoms with Gasteiger partial charge >= 0.3 is 11.9 Å². The molecule has 2 amide bonds. The summed E-state index contributed by atoms with van der Waals surface area (Å²) in [5, 5.41) is 31.8. The Bertz CT molecular complexity index is 2790. The number of hydrogen-bond donors (Lipinski definition) is 6. The third kappa shape index (κ3) is 13.0. The molecule has 376 valence electrons. The fourth-order valence-electron chi connectivity index (χ4n) is 7.44. The number of fused-ring (bicyclic) bond motifs is 2. The van der Waals surface area contributed by atoms with Gasteiger partial charge in [0.25, 0.3) is 0 Å². The van der Waals surface area contributed by atoms with Crippen molar-refractivity contribution in [1.82, 2.24) is 20.6 Å². The summed E-state index contributed by atoms with van der Waals surface area (Å²) in [4.78, 5) is 106. The Kier molecular flexibility index (Phi) is 17.2. The first kappa shape index (κ1) is 52.9. The fourth-order valence-corrected chi connectivity index (χ4v) is 7.44. The molecule has 0 saturated carbocycles. The van der Waals surface area contributed by atoms with E-state index in [9.17, 15) is 43.8 Å². The van der Waals surface area contributed by atoms with Crippen LogP contribution in [0.4, 0.5) is 29.2 Å². The van der Waals surface area contributed by atoms with Crippen LogP contribution in [-0.2, 0) is 33.6 Å². The van der Waals surface area contributed by atoms with Crippen molar-refractivity contribution >= 4 is 74.5 Å². The second kappa shape index (κ2) is 23.4. The topological polar surface area (TPSA) is 252 Å². The van der Waals surface area contributed by atoms with Crippen molar-refractivity contribution in [3.05, 3.63) is 132 Å². The van der Waals surface area contributed by atoms with Crippen molar-refractivity contribution in [3.8, 4) is 11.5 Å². The van der Waals surface area contributed by atoms with Crippen LogP contribution in [0.15, 0.2) is 109 Å². The van der Waals surface area contributed by atoms with Crippen molar-refractivity contribution in [2.45, 2.75) is 76.9 Å². The zero-order valence-electron chi connectivity index (χ0n) is 38.9. The third-order valence-electron chi connectivity index (χ3n) is 11.1. The third-order valence-corrected chi connectivity index (χ3v) is 11.1. The number of Topliss-reactive ketones (excluding diaryl/α,β-unsaturated/α-hetero) is 3. The summed E-state index contributed by atoms with van der Waals surface area (Å²) >= 11 is 0. The van der Waals surface area contributed by atoms with Gasteiger partial charge in [-0.15, -0.1) is 0 Å². The number of hydrogen-bond acceptors (Lipinski definition) is 13. The number of ketones is 3. The molecular formula is C51H48F4N6O11. The van der Waals surface area contributed by atoms with Crippen LogP contribution in [-0.4, -0.2) is 97.7 Å². The predicted molar refractivity (Wildman–Crippen MR) is 253 cm³/mol. The molecule has 0 radical (unpaired) electrons. The monoisotopic (exact) mass is 996 g/mol. The number of anilines is 2. The number of ether oxygens (including phenoxy) is 2. The highest BCUT2D eigenvalue weighted by molar-refractivity contribution is 6.19. The highest BCUT2D eigenvalue weighted by Crippen LogP contribution is 2.28. The Labute approximate surface area is 408 Å². The number of pyridine rings is 2. The quantitative estimate of drug-likeness (QED) is 0.0282. The van der Waals surface area contributed by atoms with Gasteiger partial charge in [0, 0.05) is 10.8 Å². The maximum atomic E-state index is 15.4. The van der Waals surface area contributed by atoms with E-state index in [1.165, 1.54) is 0 Å². The first-order valence-electron chi connectivity index (χ1n) is 22.3. The minimum absolute atomic E-state index is 0.179. The van der Waals surface area contributed by atoms with E-state index in [1.807, 2.05) is 0 Å². The van der Waals surface area contributed by atoms with Gasteiger partial charge in [-0.2, -0.15) is 0 Å². The SMILES string of the molecule is CC(C)[C@H](Nc1ccc2ccccc2n1)C(=O)N[C@@H](CC(=O)O)C(=O)C(Oc1c(F)cccc1F)C(=O)C(Oc1c(F)cccc1F)C(=O)[C@H](CC(=O)O)NC(=O)[C@@H](Nc1ccc2ccccc2n1)C(C)C. The lowest BCUT2D eigenvalue weighted by Crippen LogP contribution is -2.59. The van der Waals surface area contributed by atoms with Gasteiger partial charge in [0.1, 0.15) is 35.8 Å². The molecule has 0 fully saturated rings. The minimum Gasteiger partial charge on any atom is -0.481 e. The molecule has 6 N–H and O–H groups in total. The average Bonchev–Trinajstić information content (AvgIpc) is 3.33. The Hall–Kier alpha value is -8.49. The molecule has 6 rings (SSSR count). The Morgan fingerprint density at radius 1 is 0.486 bits per heavy atom. The lowest BCUT2D eigenvalue weighted by molar-refractivity contribution is -0.151. The molecule has 2 heterocycles. The molecule has 0 saturated heterocycles. The number of carboxylic acids is 2. The molecule has 2 aromatic heterocycles. The summed E-state index contributed by atoms with van der Waals surface area (Å²) in [7, 11) is 0. The molecular weight excluding hydrogens is 949 g/mol. The fraction of sp³-hybridized carbons (Fsp3) is 0.275. The zero-order chi connectivity index (χ0) is 52.4. The molecule has 6 aromatic rings. The van der Waals surface area contributed by atoms with Crippen LogP contribution in [0.5, 0.6) is 11.5 Å². The average molecular weight is 997 g/mol. The summed E-state index contributed by atoms with van der Waals surface area (Å²) in [5.74, 6) is -21.2. The van der Waals surface area contributed by atoms with Crippen LogP contribution in [0.3, 0.4) is 0 Å². The first-order chi connectivity index (χ1) is 34.2. The van der Waals surface area contributed by atoms with Crippen molar-refractivity contribution in [3.63, 3.8) is 0 Å². The number of carbonyl (C=O) groups is 7. The van der Waals surface area contributed by atoms with Gasteiger partial charge in [-0.3, -0.25) is 33.6 Å². The van der Waals surface area contributed by atoms with Gasteiger partial charge in [-0.25, -0.2) is 27.5 Å². The first-order valence-corrected chi connectivity index (χ1v) is 22.3. The van der Waals surface area contributed by atoms with Gasteiger partial charge in [0.15, 0.2) is 34.8 Å². The lowest BCUT2D eigenvalue weighted by Gasteiger charge is -2.30. The Balaban J connectivity index is 1.40. The number of rotatable bonds is 24. The van der Waals surface area contributed by atoms with Gasteiger partial charge in [0.2, 0.25) is 41.4 Å². The van der Waals surface area contributed by atoms with Crippen LogP contribution in [0.2, 0.25) is 0 Å². The van der Waals surface area contributed by atoms with Crippen molar-refractivity contribution < 1.29 is 70.8 Å². The maximum Gasteiger partial charge on any atom is 0.305 e. The summed E-state index contributed by atoms with van der Waals surface area (Å²) in [6.45, 7) is 6.35. The minimum atomic E-state index is -3.08. The van der Waals surface area contributed by atoms with Crippen LogP contribution >= 0.6 is 0 Å². The van der Waals surface area contributed by atoms with Gasteiger partial charge in [-0.1, -0.05) is 76.2 Å². The molecule has 0 aliphatic carbocycles. The van der Waals surface area contributed by atoms with Crippen molar-refractivity contribution in [1.29, 1.82) is 0 Å². The van der Waals surface area contributed by atoms with E-state index >= 15 is 17.6 Å². The highest BCUT2D eigenvalue weighted by atomic mass is 19.1. The molecule has 0 bridgehead atoms. The number of halogens is 4. The molecule has 0 aliphatic heterocycles. The van der Waals surface area contributed by atoms with Gasteiger partial charge in [0.05, 0.1) is 23.9 Å². The highest BCUT2D eigenvalue weighted by Gasteiger charge is 2.47. The Morgan fingerprint density at radius 3 is 1.17 bits per heavy atom. The van der Waals surface area contributed by atoms with Crippen LogP contribution < -0.4 is 30.7 Å². The number of nitrogens with zero attached hydrogens (tertiary/aromatic N) is 2. The zero-order valence-corrected chi connectivity index (χ0v) is 38.9. The second-order valence-corrected chi connectivity index (χ2v) is 17.1. The molecule has 72 heavy (non-hydrogen) atoms. The molecule has 0 aliphatic rings. The second-order valence-electron chi connectivity index (χ2n) is 17.1. The predicted octanol–water partition coefficient (Wildman–Crippen LogP) is 6.43. The smallest absolute Gasteiger partial charge is 0.305 e. The summed E-state index contributed by atoms with van der Waals surface area (Å²) < 4.78 is 72.2. The van der Waals surface area contributed by atoms with E-state index in [4.69, 9.17) is 9.47 Å². The lowest BCUT2D eigenvalue weighted by atomic mass is 9.92. The van der Waals surface area contributed by atoms with E-state index in [0.29, 0.717) is 35.3 Å². The van der Waals surface area contributed by atoms with E-state index in [2.05, 4.69) is 31.2 Å². The van der Waals surface area contributed by atoms with Crippen molar-refractivity contribution in [2.75, 3.05) is 10.6 Å². The number of nitrogens with one attached hydrogen (secondary N) is 4. The van der Waals surface area contributed by atoms with E-state index in [-0.39, 0.29) is 11.6 Å². The van der Waals surface area contributed by atoms with E-state index in [0.717, 1.165) is 22.9 Å². The van der Waals surface area contributed by atoms with Gasteiger partial charge < -0.3 is 41.0 Å². The molecule has 21 heteroatoms. The normalized spacial score (nSPS) is 13.8. The van der Waals surface area contributed by atoms with Crippen LogP contribution in [0.25, 0.3) is 21.8 Å². The molecule has 4 aromatic carbocycles. The number of carboxylic acid groups (broad SMARTS) is 2.